The zero-order chi connectivity index (χ0) is 19.5. The van der Waals surface area contributed by atoms with Crippen molar-refractivity contribution >= 4 is 33.2 Å². The van der Waals surface area contributed by atoms with E-state index in [1.54, 1.807) is 30.3 Å². The number of carbonyl (C=O) groups excluding carboxylic acids is 1. The Kier molecular flexibility index (Phi) is 5.08. The van der Waals surface area contributed by atoms with Crippen molar-refractivity contribution in [2.45, 2.75) is 6.61 Å². The summed E-state index contributed by atoms with van der Waals surface area (Å²) in [5.74, 6) is -0.294. The molecule has 0 radical (unpaired) electrons. The van der Waals surface area contributed by atoms with Gasteiger partial charge in [0.1, 0.15) is 23.8 Å². The SMILES string of the molecule is O=C(Nc1cccc(OCc2cn3ccccc3n2)c1)c1cc(F)cc(Br)c1. The molecule has 1 amide bonds. The molecule has 4 aromatic rings. The average Bonchev–Trinajstić information content (AvgIpc) is 3.09. The summed E-state index contributed by atoms with van der Waals surface area (Å²) in [4.78, 5) is 16.8. The Hall–Kier alpha value is -3.19. The Balaban J connectivity index is 1.44. The maximum absolute atomic E-state index is 13.5. The first-order valence-corrected chi connectivity index (χ1v) is 9.29. The van der Waals surface area contributed by atoms with Gasteiger partial charge in [-0.05, 0) is 42.5 Å². The van der Waals surface area contributed by atoms with Crippen LogP contribution in [0.2, 0.25) is 0 Å². The number of carbonyl (C=O) groups is 1. The van der Waals surface area contributed by atoms with Gasteiger partial charge in [-0.2, -0.15) is 0 Å². The highest BCUT2D eigenvalue weighted by Gasteiger charge is 2.10. The van der Waals surface area contributed by atoms with Crippen LogP contribution in [0.3, 0.4) is 0 Å². The third-order valence-electron chi connectivity index (χ3n) is 4.02. The van der Waals surface area contributed by atoms with Crippen LogP contribution in [-0.2, 0) is 6.61 Å². The molecule has 1 N–H and O–H groups in total. The minimum Gasteiger partial charge on any atom is -0.487 e. The van der Waals surface area contributed by atoms with Crippen molar-refractivity contribution in [3.8, 4) is 5.75 Å². The van der Waals surface area contributed by atoms with Gasteiger partial charge in [0.2, 0.25) is 0 Å². The molecule has 0 fully saturated rings. The predicted octanol–water partition coefficient (Wildman–Crippen LogP) is 5.07. The summed E-state index contributed by atoms with van der Waals surface area (Å²) in [6.45, 7) is 0.302. The van der Waals surface area contributed by atoms with E-state index in [4.69, 9.17) is 4.74 Å². The molecule has 0 aliphatic heterocycles. The second-order valence-electron chi connectivity index (χ2n) is 6.13. The summed E-state index contributed by atoms with van der Waals surface area (Å²) in [6, 6.07) is 16.8. The number of anilines is 1. The lowest BCUT2D eigenvalue weighted by Gasteiger charge is -2.09. The van der Waals surface area contributed by atoms with Gasteiger partial charge >= 0.3 is 0 Å². The fraction of sp³-hybridized carbons (Fsp3) is 0.0476. The van der Waals surface area contributed by atoms with Gasteiger partial charge in [-0.1, -0.05) is 28.1 Å². The average molecular weight is 440 g/mol. The standard InChI is InChI=1S/C21H15BrFN3O2/c22-15-8-14(9-16(23)10-15)21(27)25-17-4-3-5-19(11-17)28-13-18-12-26-7-2-1-6-20(26)24-18/h1-12H,13H2,(H,25,27). The summed E-state index contributed by atoms with van der Waals surface area (Å²) in [5.41, 5.74) is 2.43. The Bertz CT molecular complexity index is 1110. The second-order valence-corrected chi connectivity index (χ2v) is 7.04. The summed E-state index contributed by atoms with van der Waals surface area (Å²) in [5, 5.41) is 2.75. The number of rotatable bonds is 5. The number of benzene rings is 2. The van der Waals surface area contributed by atoms with Gasteiger partial charge in [-0.25, -0.2) is 9.37 Å². The Morgan fingerprint density at radius 3 is 2.86 bits per heavy atom. The molecule has 2 aromatic carbocycles. The highest BCUT2D eigenvalue weighted by atomic mass is 79.9. The van der Waals surface area contributed by atoms with Crippen LogP contribution in [0, 0.1) is 5.82 Å². The van der Waals surface area contributed by atoms with Crippen LogP contribution in [0.15, 0.2) is 77.5 Å². The fourth-order valence-electron chi connectivity index (χ4n) is 2.77. The first-order valence-electron chi connectivity index (χ1n) is 8.50. The number of nitrogens with one attached hydrogen (secondary N) is 1. The molecule has 140 valence electrons. The van der Waals surface area contributed by atoms with Gasteiger partial charge in [0.25, 0.3) is 5.91 Å². The van der Waals surface area contributed by atoms with Crippen LogP contribution < -0.4 is 10.1 Å². The third-order valence-corrected chi connectivity index (χ3v) is 4.48. The van der Waals surface area contributed by atoms with E-state index in [9.17, 15) is 9.18 Å². The van der Waals surface area contributed by atoms with E-state index in [0.717, 1.165) is 11.3 Å². The highest BCUT2D eigenvalue weighted by Crippen LogP contribution is 2.21. The van der Waals surface area contributed by atoms with E-state index in [0.29, 0.717) is 22.5 Å². The van der Waals surface area contributed by atoms with Crippen LogP contribution in [0.1, 0.15) is 16.1 Å². The van der Waals surface area contributed by atoms with Gasteiger partial charge in [0.05, 0.1) is 5.69 Å². The van der Waals surface area contributed by atoms with Gasteiger partial charge < -0.3 is 14.5 Å². The maximum Gasteiger partial charge on any atom is 0.255 e. The Morgan fingerprint density at radius 1 is 1.14 bits per heavy atom. The maximum atomic E-state index is 13.5. The largest absolute Gasteiger partial charge is 0.487 e. The van der Waals surface area contributed by atoms with Crippen molar-refractivity contribution in [3.63, 3.8) is 0 Å². The zero-order valence-electron chi connectivity index (χ0n) is 14.6. The lowest BCUT2D eigenvalue weighted by Crippen LogP contribution is -2.12. The van der Waals surface area contributed by atoms with Crippen molar-refractivity contribution in [1.29, 1.82) is 0 Å². The zero-order valence-corrected chi connectivity index (χ0v) is 16.2. The number of hydrogen-bond donors (Lipinski definition) is 1. The van der Waals surface area contributed by atoms with Gasteiger partial charge in [-0.3, -0.25) is 4.79 Å². The fourth-order valence-corrected chi connectivity index (χ4v) is 3.23. The normalized spacial score (nSPS) is 10.8. The van der Waals surface area contributed by atoms with E-state index >= 15 is 0 Å². The number of fused-ring (bicyclic) bond motifs is 1. The smallest absolute Gasteiger partial charge is 0.255 e. The van der Waals surface area contributed by atoms with Crippen LogP contribution in [0.4, 0.5) is 10.1 Å². The number of ether oxygens (including phenoxy) is 1. The first-order chi connectivity index (χ1) is 13.6. The molecule has 0 aliphatic carbocycles. The molecule has 0 unspecified atom stereocenters. The minimum absolute atomic E-state index is 0.225. The Labute approximate surface area is 168 Å². The molecule has 7 heteroatoms. The molecule has 2 heterocycles. The number of hydrogen-bond acceptors (Lipinski definition) is 3. The molecule has 0 saturated heterocycles. The molecule has 2 aromatic heterocycles. The van der Waals surface area contributed by atoms with Crippen LogP contribution in [0.25, 0.3) is 5.65 Å². The molecule has 0 bridgehead atoms. The van der Waals surface area contributed by atoms with Crippen LogP contribution >= 0.6 is 15.9 Å². The molecule has 0 spiro atoms. The van der Waals surface area contributed by atoms with Gasteiger partial charge in [0.15, 0.2) is 0 Å². The Morgan fingerprint density at radius 2 is 2.04 bits per heavy atom. The highest BCUT2D eigenvalue weighted by molar-refractivity contribution is 9.10. The molecule has 0 atom stereocenters. The van der Waals surface area contributed by atoms with E-state index in [-0.39, 0.29) is 5.56 Å². The molecule has 0 aliphatic rings. The second kappa shape index (κ2) is 7.82. The molecule has 0 saturated carbocycles. The van der Waals surface area contributed by atoms with Crippen molar-refractivity contribution in [2.24, 2.45) is 0 Å². The van der Waals surface area contributed by atoms with Crippen molar-refractivity contribution in [3.05, 3.63) is 94.6 Å². The van der Waals surface area contributed by atoms with E-state index in [2.05, 4.69) is 26.2 Å². The molecule has 4 rings (SSSR count). The topological polar surface area (TPSA) is 55.6 Å². The van der Waals surface area contributed by atoms with Crippen molar-refractivity contribution in [2.75, 3.05) is 5.32 Å². The number of amides is 1. The number of nitrogens with zero attached hydrogens (tertiary/aromatic N) is 2. The molecular weight excluding hydrogens is 425 g/mol. The van der Waals surface area contributed by atoms with E-state index in [1.807, 2.05) is 35.0 Å². The number of halogens is 2. The van der Waals surface area contributed by atoms with E-state index in [1.165, 1.54) is 12.1 Å². The van der Waals surface area contributed by atoms with Crippen molar-refractivity contribution < 1.29 is 13.9 Å². The number of pyridine rings is 1. The molecule has 5 nitrogen and oxygen atoms in total. The number of imidazole rings is 1. The third kappa shape index (κ3) is 4.20. The van der Waals surface area contributed by atoms with Crippen LogP contribution in [-0.4, -0.2) is 15.3 Å². The minimum atomic E-state index is -0.482. The summed E-state index contributed by atoms with van der Waals surface area (Å²) in [7, 11) is 0. The van der Waals surface area contributed by atoms with Crippen LogP contribution in [0.5, 0.6) is 5.75 Å². The summed E-state index contributed by atoms with van der Waals surface area (Å²) < 4.78 is 21.7. The summed E-state index contributed by atoms with van der Waals surface area (Å²) >= 11 is 3.19. The lowest BCUT2D eigenvalue weighted by atomic mass is 10.2. The quantitative estimate of drug-likeness (QED) is 0.472. The predicted molar refractivity (Wildman–Crippen MR) is 108 cm³/mol. The number of aromatic nitrogens is 2. The molecule has 28 heavy (non-hydrogen) atoms. The first kappa shape index (κ1) is 18.2. The van der Waals surface area contributed by atoms with Crippen molar-refractivity contribution in [1.82, 2.24) is 9.38 Å². The summed E-state index contributed by atoms with van der Waals surface area (Å²) in [6.07, 6.45) is 3.83. The van der Waals surface area contributed by atoms with E-state index < -0.39 is 11.7 Å². The monoisotopic (exact) mass is 439 g/mol. The van der Waals surface area contributed by atoms with Gasteiger partial charge in [-0.15, -0.1) is 0 Å². The molecular formula is C21H15BrFN3O2. The lowest BCUT2D eigenvalue weighted by molar-refractivity contribution is 0.102. The van der Waals surface area contributed by atoms with Gasteiger partial charge in [0, 0.05) is 34.2 Å².